The van der Waals surface area contributed by atoms with Crippen LogP contribution in [0.3, 0.4) is 0 Å². The first kappa shape index (κ1) is 12.8. The molecule has 0 heterocycles. The Bertz CT molecular complexity index is 491. The molecule has 0 atom stereocenters. The average molecular weight is 268 g/mol. The zero-order valence-corrected chi connectivity index (χ0v) is 8.69. The number of rotatable bonds is 3. The van der Waals surface area contributed by atoms with E-state index in [9.17, 15) is 26.3 Å². The van der Waals surface area contributed by atoms with Gasteiger partial charge in [0.15, 0.2) is 0 Å². The second kappa shape index (κ2) is 3.93. The molecular formula is C11H6F6O. The third-order valence-electron chi connectivity index (χ3n) is 2.45. The molecule has 0 aromatic heterocycles. The van der Waals surface area contributed by atoms with E-state index in [1.165, 1.54) is 12.1 Å². The number of alkyl halides is 4. The van der Waals surface area contributed by atoms with Crippen LogP contribution in [0, 0.1) is 5.82 Å². The molecule has 0 unspecified atom stereocenters. The summed E-state index contributed by atoms with van der Waals surface area (Å²) in [6.07, 6.45) is 0. The summed E-state index contributed by atoms with van der Waals surface area (Å²) in [6, 6.07) is 4.50. The fourth-order valence-corrected chi connectivity index (χ4v) is 1.39. The van der Waals surface area contributed by atoms with Crippen LogP contribution in [-0.4, -0.2) is 11.8 Å². The second-order valence-electron chi connectivity index (χ2n) is 3.71. The van der Waals surface area contributed by atoms with Gasteiger partial charge in [-0.3, -0.25) is 0 Å². The van der Waals surface area contributed by atoms with Gasteiger partial charge in [0.1, 0.15) is 12.4 Å². The van der Waals surface area contributed by atoms with Crippen molar-refractivity contribution < 1.29 is 31.1 Å². The van der Waals surface area contributed by atoms with Crippen LogP contribution in [0.4, 0.5) is 26.3 Å². The molecule has 1 nitrogen and oxygen atoms in total. The lowest BCUT2D eigenvalue weighted by Gasteiger charge is -2.35. The first-order valence-electron chi connectivity index (χ1n) is 4.80. The van der Waals surface area contributed by atoms with Crippen molar-refractivity contribution >= 4 is 0 Å². The van der Waals surface area contributed by atoms with E-state index < -0.39 is 35.9 Å². The highest BCUT2D eigenvalue weighted by Gasteiger charge is 2.74. The quantitative estimate of drug-likeness (QED) is 0.757. The van der Waals surface area contributed by atoms with Gasteiger partial charge in [-0.15, -0.1) is 0 Å². The second-order valence-corrected chi connectivity index (χ2v) is 3.71. The van der Waals surface area contributed by atoms with Crippen molar-refractivity contribution in [3.05, 3.63) is 47.2 Å². The number of benzene rings is 1. The molecule has 0 fully saturated rings. The van der Waals surface area contributed by atoms with E-state index in [1.807, 2.05) is 0 Å². The highest BCUT2D eigenvalue weighted by molar-refractivity contribution is 5.35. The summed E-state index contributed by atoms with van der Waals surface area (Å²) in [5.74, 6) is -13.9. The maximum atomic E-state index is 12.8. The van der Waals surface area contributed by atoms with Crippen molar-refractivity contribution in [1.82, 2.24) is 0 Å². The molecule has 98 valence electrons. The number of hydrogen-bond donors (Lipinski definition) is 0. The zero-order valence-electron chi connectivity index (χ0n) is 8.69. The molecule has 0 saturated carbocycles. The summed E-state index contributed by atoms with van der Waals surface area (Å²) in [5.41, 5.74) is 0.253. The van der Waals surface area contributed by atoms with E-state index >= 15 is 0 Å². The van der Waals surface area contributed by atoms with E-state index in [4.69, 9.17) is 0 Å². The third kappa shape index (κ3) is 1.74. The summed E-state index contributed by atoms with van der Waals surface area (Å²) in [5, 5.41) is 0. The largest absolute Gasteiger partial charge is 0.484 e. The maximum absolute atomic E-state index is 12.8. The Morgan fingerprint density at radius 1 is 0.889 bits per heavy atom. The van der Waals surface area contributed by atoms with Gasteiger partial charge in [-0.2, -0.15) is 17.6 Å². The Morgan fingerprint density at radius 2 is 1.44 bits per heavy atom. The predicted molar refractivity (Wildman–Crippen MR) is 49.2 cm³/mol. The molecule has 1 aromatic rings. The molecule has 0 spiro atoms. The molecule has 0 bridgehead atoms. The van der Waals surface area contributed by atoms with Gasteiger partial charge < -0.3 is 4.74 Å². The maximum Gasteiger partial charge on any atom is 0.375 e. The number of allylic oxidation sites excluding steroid dienone is 2. The topological polar surface area (TPSA) is 9.23 Å². The fourth-order valence-electron chi connectivity index (χ4n) is 1.39. The van der Waals surface area contributed by atoms with Crippen LogP contribution in [0.2, 0.25) is 0 Å². The van der Waals surface area contributed by atoms with E-state index in [1.54, 1.807) is 0 Å². The van der Waals surface area contributed by atoms with Gasteiger partial charge in [-0.05, 0) is 17.7 Å². The van der Waals surface area contributed by atoms with E-state index in [0.29, 0.717) is 0 Å². The van der Waals surface area contributed by atoms with Crippen molar-refractivity contribution in [2.75, 3.05) is 0 Å². The Morgan fingerprint density at radius 3 is 1.94 bits per heavy atom. The van der Waals surface area contributed by atoms with Crippen molar-refractivity contribution in [3.8, 4) is 0 Å². The highest BCUT2D eigenvalue weighted by Crippen LogP contribution is 2.56. The third-order valence-corrected chi connectivity index (χ3v) is 2.45. The van der Waals surface area contributed by atoms with Crippen LogP contribution >= 0.6 is 0 Å². The SMILES string of the molecule is FC1=C(OCc2ccc(F)cc2)C(F)(F)C1(F)F. The molecule has 0 amide bonds. The molecule has 0 radical (unpaired) electrons. The number of halogens is 6. The minimum absolute atomic E-state index is 0.253. The van der Waals surface area contributed by atoms with Gasteiger partial charge in [0, 0.05) is 0 Å². The molecular weight excluding hydrogens is 262 g/mol. The van der Waals surface area contributed by atoms with Gasteiger partial charge in [0.2, 0.25) is 11.6 Å². The molecule has 0 saturated heterocycles. The van der Waals surface area contributed by atoms with E-state index in [-0.39, 0.29) is 5.56 Å². The fraction of sp³-hybridized carbons (Fsp3) is 0.273. The van der Waals surface area contributed by atoms with Gasteiger partial charge in [-0.25, -0.2) is 8.78 Å². The lowest BCUT2D eigenvalue weighted by molar-refractivity contribution is -0.233. The first-order chi connectivity index (χ1) is 8.26. The summed E-state index contributed by atoms with van der Waals surface area (Å²) < 4.78 is 79.9. The molecule has 0 N–H and O–H groups in total. The zero-order chi connectivity index (χ0) is 13.6. The molecule has 1 aromatic carbocycles. The van der Waals surface area contributed by atoms with Crippen molar-refractivity contribution in [2.45, 2.75) is 18.5 Å². The lowest BCUT2D eigenvalue weighted by Crippen LogP contribution is -2.53. The Balaban J connectivity index is 2.08. The van der Waals surface area contributed by atoms with Crippen LogP contribution in [0.1, 0.15) is 5.56 Å². The van der Waals surface area contributed by atoms with Crippen LogP contribution in [0.15, 0.2) is 35.9 Å². The van der Waals surface area contributed by atoms with Crippen LogP contribution in [0.5, 0.6) is 0 Å². The summed E-state index contributed by atoms with van der Waals surface area (Å²) >= 11 is 0. The van der Waals surface area contributed by atoms with Crippen LogP contribution in [0.25, 0.3) is 0 Å². The standard InChI is InChI=1S/C11H6F6O/c12-7-3-1-6(2-4-7)5-18-9-8(13)10(14,15)11(9,16)17/h1-4H,5H2. The predicted octanol–water partition coefficient (Wildman–Crippen LogP) is 3.81. The van der Waals surface area contributed by atoms with Gasteiger partial charge in [0.25, 0.3) is 0 Å². The van der Waals surface area contributed by atoms with Crippen LogP contribution in [-0.2, 0) is 11.3 Å². The molecule has 7 heteroatoms. The van der Waals surface area contributed by atoms with Gasteiger partial charge in [0.05, 0.1) is 0 Å². The number of hydrogen-bond acceptors (Lipinski definition) is 1. The Hall–Kier alpha value is -1.66. The van der Waals surface area contributed by atoms with Gasteiger partial charge >= 0.3 is 11.8 Å². The molecule has 0 aliphatic heterocycles. The van der Waals surface area contributed by atoms with Crippen molar-refractivity contribution in [1.29, 1.82) is 0 Å². The normalized spacial score (nSPS) is 20.6. The van der Waals surface area contributed by atoms with Crippen molar-refractivity contribution in [3.63, 3.8) is 0 Å². The minimum atomic E-state index is -4.81. The van der Waals surface area contributed by atoms with Crippen LogP contribution < -0.4 is 0 Å². The van der Waals surface area contributed by atoms with Crippen molar-refractivity contribution in [2.24, 2.45) is 0 Å². The van der Waals surface area contributed by atoms with E-state index in [0.717, 1.165) is 12.1 Å². The molecule has 18 heavy (non-hydrogen) atoms. The number of ether oxygens (including phenoxy) is 1. The molecule has 1 aliphatic carbocycles. The Labute approximate surface area is 97.7 Å². The lowest BCUT2D eigenvalue weighted by atomic mass is 9.96. The molecule has 2 rings (SSSR count). The first-order valence-corrected chi connectivity index (χ1v) is 4.80. The highest BCUT2D eigenvalue weighted by atomic mass is 19.3. The summed E-state index contributed by atoms with van der Waals surface area (Å²) in [7, 11) is 0. The summed E-state index contributed by atoms with van der Waals surface area (Å²) in [6.45, 7) is -0.547. The Kier molecular flexibility index (Phi) is 2.79. The monoisotopic (exact) mass is 268 g/mol. The minimum Gasteiger partial charge on any atom is -0.484 e. The van der Waals surface area contributed by atoms with E-state index in [2.05, 4.69) is 4.74 Å². The smallest absolute Gasteiger partial charge is 0.375 e. The summed E-state index contributed by atoms with van der Waals surface area (Å²) in [4.78, 5) is 0. The average Bonchev–Trinajstić information content (AvgIpc) is 2.31. The van der Waals surface area contributed by atoms with Gasteiger partial charge in [-0.1, -0.05) is 12.1 Å². The molecule has 1 aliphatic rings.